The van der Waals surface area contributed by atoms with E-state index in [2.05, 4.69) is 18.4 Å². The fraction of sp³-hybridized carbons (Fsp3) is 0.467. The summed E-state index contributed by atoms with van der Waals surface area (Å²) >= 11 is 6.02. The van der Waals surface area contributed by atoms with Crippen LogP contribution in [0.4, 0.5) is 0 Å². The Morgan fingerprint density at radius 2 is 1.80 bits per heavy atom. The number of benzene rings is 1. The molecule has 0 amide bonds. The molecule has 0 aliphatic rings. The van der Waals surface area contributed by atoms with Crippen molar-refractivity contribution in [3.8, 4) is 0 Å². The Kier molecular flexibility index (Phi) is 4.17. The van der Waals surface area contributed by atoms with Gasteiger partial charge in [0.1, 0.15) is 0 Å². The highest BCUT2D eigenvalue weighted by Crippen LogP contribution is 2.28. The first-order chi connectivity index (χ1) is 9.22. The minimum Gasteiger partial charge on any atom is -0.341 e. The van der Waals surface area contributed by atoms with Crippen LogP contribution in [0.15, 0.2) is 24.3 Å². The molecule has 5 heteroatoms. The van der Waals surface area contributed by atoms with E-state index in [9.17, 15) is 8.42 Å². The molecule has 20 heavy (non-hydrogen) atoms. The Labute approximate surface area is 125 Å². The van der Waals surface area contributed by atoms with E-state index in [0.29, 0.717) is 5.02 Å². The Morgan fingerprint density at radius 1 is 1.15 bits per heavy atom. The van der Waals surface area contributed by atoms with Gasteiger partial charge < -0.3 is 4.57 Å². The number of hydrogen-bond acceptors (Lipinski definition) is 2. The van der Waals surface area contributed by atoms with Crippen LogP contribution in [0.25, 0.3) is 10.9 Å². The van der Waals surface area contributed by atoms with Crippen LogP contribution in [0.1, 0.15) is 39.4 Å². The third kappa shape index (κ3) is 2.86. The van der Waals surface area contributed by atoms with Crippen molar-refractivity contribution >= 4 is 32.3 Å². The van der Waals surface area contributed by atoms with Gasteiger partial charge in [0.2, 0.25) is 0 Å². The van der Waals surface area contributed by atoms with E-state index in [1.165, 1.54) is 0 Å². The predicted molar refractivity (Wildman–Crippen MR) is 85.1 cm³/mol. The molecule has 0 aliphatic carbocycles. The fourth-order valence-corrected chi connectivity index (χ4v) is 3.51. The molecule has 0 saturated carbocycles. The van der Waals surface area contributed by atoms with Crippen LogP contribution in [-0.2, 0) is 15.6 Å². The van der Waals surface area contributed by atoms with Crippen LogP contribution in [-0.4, -0.2) is 18.2 Å². The molecule has 2 aromatic rings. The highest BCUT2D eigenvalue weighted by Gasteiger charge is 2.21. The van der Waals surface area contributed by atoms with Crippen molar-refractivity contribution in [1.82, 2.24) is 4.57 Å². The molecule has 0 spiro atoms. The zero-order chi connectivity index (χ0) is 15.1. The number of halogens is 1. The molecular weight excluding hydrogens is 294 g/mol. The normalized spacial score (nSPS) is 12.8. The third-order valence-corrected chi connectivity index (χ3v) is 5.83. The Morgan fingerprint density at radius 3 is 2.35 bits per heavy atom. The average Bonchev–Trinajstić information content (AvgIpc) is 2.64. The summed E-state index contributed by atoms with van der Waals surface area (Å²) < 4.78 is 26.4. The van der Waals surface area contributed by atoms with E-state index >= 15 is 0 Å². The summed E-state index contributed by atoms with van der Waals surface area (Å²) in [4.78, 5) is 0. The number of fused-ring (bicyclic) bond motifs is 1. The van der Waals surface area contributed by atoms with Gasteiger partial charge in [0.15, 0.2) is 9.84 Å². The number of rotatable bonds is 4. The zero-order valence-electron chi connectivity index (χ0n) is 12.2. The summed E-state index contributed by atoms with van der Waals surface area (Å²) in [5, 5.41) is 1.28. The lowest BCUT2D eigenvalue weighted by Crippen LogP contribution is -2.18. The topological polar surface area (TPSA) is 39.1 Å². The molecule has 3 nitrogen and oxygen atoms in total. The van der Waals surface area contributed by atoms with Crippen molar-refractivity contribution in [2.24, 2.45) is 0 Å². The van der Waals surface area contributed by atoms with Crippen molar-refractivity contribution in [1.29, 1.82) is 0 Å². The van der Waals surface area contributed by atoms with Crippen molar-refractivity contribution in [3.63, 3.8) is 0 Å². The summed E-state index contributed by atoms with van der Waals surface area (Å²) in [6, 6.07) is 7.79. The van der Waals surface area contributed by atoms with Gasteiger partial charge in [-0.05, 0) is 52.0 Å². The number of hydrogen-bond donors (Lipinski definition) is 0. The smallest absolute Gasteiger partial charge is 0.158 e. The first kappa shape index (κ1) is 15.4. The van der Waals surface area contributed by atoms with E-state index in [1.54, 1.807) is 13.8 Å². The van der Waals surface area contributed by atoms with Gasteiger partial charge in [-0.1, -0.05) is 11.6 Å². The highest BCUT2D eigenvalue weighted by atomic mass is 35.5. The molecule has 0 atom stereocenters. The van der Waals surface area contributed by atoms with E-state index in [4.69, 9.17) is 11.6 Å². The second kappa shape index (κ2) is 5.41. The molecule has 0 saturated heterocycles. The van der Waals surface area contributed by atoms with Crippen LogP contribution in [0.5, 0.6) is 0 Å². The summed E-state index contributed by atoms with van der Waals surface area (Å²) in [6.07, 6.45) is 0. The summed E-state index contributed by atoms with van der Waals surface area (Å²) in [6.45, 7) is 7.54. The minimum atomic E-state index is -3.12. The van der Waals surface area contributed by atoms with Crippen molar-refractivity contribution in [2.45, 2.75) is 44.7 Å². The number of aromatic nitrogens is 1. The molecule has 110 valence electrons. The molecular formula is C15H20ClNO2S. The molecule has 0 N–H and O–H groups in total. The first-order valence-corrected chi connectivity index (χ1v) is 8.82. The summed E-state index contributed by atoms with van der Waals surface area (Å²) in [5.41, 5.74) is 1.85. The van der Waals surface area contributed by atoms with Crippen LogP contribution >= 0.6 is 11.6 Å². The molecule has 1 heterocycles. The number of sulfone groups is 1. The van der Waals surface area contributed by atoms with E-state index < -0.39 is 9.84 Å². The van der Waals surface area contributed by atoms with E-state index in [-0.39, 0.29) is 17.0 Å². The third-order valence-electron chi connectivity index (χ3n) is 3.46. The maximum absolute atomic E-state index is 12.2. The van der Waals surface area contributed by atoms with Gasteiger partial charge in [-0.15, -0.1) is 0 Å². The van der Waals surface area contributed by atoms with Crippen molar-refractivity contribution in [2.75, 3.05) is 0 Å². The monoisotopic (exact) mass is 313 g/mol. The SMILES string of the molecule is CC(C)n1c(CS(=O)(=O)C(C)C)cc2cc(Cl)ccc21. The van der Waals surface area contributed by atoms with Crippen LogP contribution < -0.4 is 0 Å². The van der Waals surface area contributed by atoms with Gasteiger partial charge in [0.05, 0.1) is 11.0 Å². The second-order valence-corrected chi connectivity index (χ2v) is 8.65. The predicted octanol–water partition coefficient (Wildman–Crippen LogP) is 4.20. The van der Waals surface area contributed by atoms with Gasteiger partial charge in [-0.2, -0.15) is 0 Å². The molecule has 2 rings (SSSR count). The van der Waals surface area contributed by atoms with Gasteiger partial charge in [0, 0.05) is 27.7 Å². The Balaban J connectivity index is 2.61. The molecule has 0 fully saturated rings. The molecule has 1 aromatic carbocycles. The number of nitrogens with zero attached hydrogens (tertiary/aromatic N) is 1. The Bertz CT molecular complexity index is 730. The van der Waals surface area contributed by atoms with Gasteiger partial charge >= 0.3 is 0 Å². The molecule has 0 bridgehead atoms. The standard InChI is InChI=1S/C15H20ClNO2S/c1-10(2)17-14(9-20(18,19)11(3)4)8-12-7-13(16)5-6-15(12)17/h5-8,10-11H,9H2,1-4H3. The van der Waals surface area contributed by atoms with Crippen LogP contribution in [0.2, 0.25) is 5.02 Å². The van der Waals surface area contributed by atoms with Crippen LogP contribution in [0.3, 0.4) is 0 Å². The summed E-state index contributed by atoms with van der Waals surface area (Å²) in [5.74, 6) is 0.0646. The molecule has 0 unspecified atom stereocenters. The average molecular weight is 314 g/mol. The lowest BCUT2D eigenvalue weighted by molar-refractivity contribution is 0.574. The van der Waals surface area contributed by atoms with E-state index in [0.717, 1.165) is 16.6 Å². The maximum Gasteiger partial charge on any atom is 0.158 e. The van der Waals surface area contributed by atoms with Crippen molar-refractivity contribution < 1.29 is 8.42 Å². The van der Waals surface area contributed by atoms with E-state index in [1.807, 2.05) is 24.3 Å². The minimum absolute atomic E-state index is 0.0646. The Hall–Kier alpha value is -1.00. The molecule has 1 aromatic heterocycles. The lowest BCUT2D eigenvalue weighted by Gasteiger charge is -2.16. The van der Waals surface area contributed by atoms with Gasteiger partial charge in [0.25, 0.3) is 0 Å². The fourth-order valence-electron chi connectivity index (χ4n) is 2.36. The molecule has 0 aliphatic heterocycles. The summed E-state index contributed by atoms with van der Waals surface area (Å²) in [7, 11) is -3.12. The van der Waals surface area contributed by atoms with Crippen molar-refractivity contribution in [3.05, 3.63) is 35.0 Å². The zero-order valence-corrected chi connectivity index (χ0v) is 13.8. The molecule has 0 radical (unpaired) electrons. The van der Waals surface area contributed by atoms with Crippen LogP contribution in [0, 0.1) is 0 Å². The first-order valence-electron chi connectivity index (χ1n) is 6.73. The maximum atomic E-state index is 12.2. The largest absolute Gasteiger partial charge is 0.341 e. The van der Waals surface area contributed by atoms with Gasteiger partial charge in [-0.3, -0.25) is 0 Å². The van der Waals surface area contributed by atoms with Gasteiger partial charge in [-0.25, -0.2) is 8.42 Å². The highest BCUT2D eigenvalue weighted by molar-refractivity contribution is 7.91. The second-order valence-electron chi connectivity index (χ2n) is 5.66. The quantitative estimate of drug-likeness (QED) is 0.848. The lowest BCUT2D eigenvalue weighted by atomic mass is 10.2.